The SMILES string of the molecule is CCOC(=O)C(N/C(C#N)=C(\N)C#N)/C(C)=N\NC(N)=O. The molecule has 0 aromatic rings. The van der Waals surface area contributed by atoms with Gasteiger partial charge in [0.05, 0.1) is 12.3 Å². The van der Waals surface area contributed by atoms with Crippen LogP contribution in [0, 0.1) is 22.7 Å². The Morgan fingerprint density at radius 3 is 2.38 bits per heavy atom. The maximum Gasteiger partial charge on any atom is 0.334 e. The zero-order chi connectivity index (χ0) is 16.4. The summed E-state index contributed by atoms with van der Waals surface area (Å²) < 4.78 is 4.81. The van der Waals surface area contributed by atoms with Crippen LogP contribution in [0.25, 0.3) is 0 Å². The molecule has 0 heterocycles. The third-order valence-corrected chi connectivity index (χ3v) is 2.07. The normalized spacial score (nSPS) is 13.0. The van der Waals surface area contributed by atoms with Crippen molar-refractivity contribution in [2.24, 2.45) is 16.6 Å². The van der Waals surface area contributed by atoms with Crippen LogP contribution in [-0.2, 0) is 9.53 Å². The number of primary amides is 1. The monoisotopic (exact) mass is 293 g/mol. The topological polar surface area (TPSA) is 179 Å². The molecule has 21 heavy (non-hydrogen) atoms. The van der Waals surface area contributed by atoms with E-state index in [1.165, 1.54) is 6.92 Å². The van der Waals surface area contributed by atoms with Gasteiger partial charge in [-0.3, -0.25) is 0 Å². The first kappa shape index (κ1) is 17.7. The fourth-order valence-electron chi connectivity index (χ4n) is 1.14. The molecule has 112 valence electrons. The minimum absolute atomic E-state index is 0.0609. The van der Waals surface area contributed by atoms with Crippen LogP contribution >= 0.6 is 0 Å². The predicted octanol–water partition coefficient (Wildman–Crippen LogP) is -1.23. The van der Waals surface area contributed by atoms with Crippen LogP contribution in [0.1, 0.15) is 13.8 Å². The average Bonchev–Trinajstić information content (AvgIpc) is 2.45. The summed E-state index contributed by atoms with van der Waals surface area (Å²) in [5.41, 5.74) is 11.5. The Bertz CT molecular complexity index is 553. The van der Waals surface area contributed by atoms with Gasteiger partial charge >= 0.3 is 12.0 Å². The van der Waals surface area contributed by atoms with Crippen LogP contribution in [0.15, 0.2) is 16.5 Å². The van der Waals surface area contributed by atoms with E-state index in [4.69, 9.17) is 26.7 Å². The third kappa shape index (κ3) is 5.94. The van der Waals surface area contributed by atoms with Crippen LogP contribution in [0.4, 0.5) is 4.79 Å². The number of nitrogens with two attached hydrogens (primary N) is 2. The van der Waals surface area contributed by atoms with Crippen molar-refractivity contribution >= 4 is 17.7 Å². The van der Waals surface area contributed by atoms with E-state index in [9.17, 15) is 9.59 Å². The highest BCUT2D eigenvalue weighted by atomic mass is 16.5. The van der Waals surface area contributed by atoms with Crippen molar-refractivity contribution in [1.29, 1.82) is 10.5 Å². The quantitative estimate of drug-likeness (QED) is 0.205. The molecular weight excluding hydrogens is 278 g/mol. The number of carbonyl (C=O) groups excluding carboxylic acids is 2. The highest BCUT2D eigenvalue weighted by Gasteiger charge is 2.25. The van der Waals surface area contributed by atoms with E-state index in [1.54, 1.807) is 19.1 Å². The molecule has 0 rings (SSSR count). The van der Waals surface area contributed by atoms with Gasteiger partial charge in [0.2, 0.25) is 0 Å². The number of rotatable bonds is 6. The van der Waals surface area contributed by atoms with E-state index < -0.39 is 23.7 Å². The molecule has 0 radical (unpaired) electrons. The van der Waals surface area contributed by atoms with Crippen molar-refractivity contribution in [2.75, 3.05) is 6.61 Å². The zero-order valence-corrected chi connectivity index (χ0v) is 11.5. The number of allylic oxidation sites excluding steroid dienone is 2. The molecule has 0 aliphatic rings. The molecule has 10 nitrogen and oxygen atoms in total. The fraction of sp³-hybridized carbons (Fsp3) is 0.364. The van der Waals surface area contributed by atoms with E-state index in [0.717, 1.165) is 0 Å². The third-order valence-electron chi connectivity index (χ3n) is 2.07. The summed E-state index contributed by atoms with van der Waals surface area (Å²) >= 11 is 0. The van der Waals surface area contributed by atoms with Crippen molar-refractivity contribution in [3.63, 3.8) is 0 Å². The van der Waals surface area contributed by atoms with E-state index in [-0.39, 0.29) is 18.0 Å². The number of esters is 1. The minimum atomic E-state index is -1.21. The highest BCUT2D eigenvalue weighted by Crippen LogP contribution is 2.00. The Balaban J connectivity index is 5.41. The van der Waals surface area contributed by atoms with E-state index in [0.29, 0.717) is 0 Å². The molecule has 1 atom stereocenters. The number of carbonyl (C=O) groups is 2. The maximum atomic E-state index is 11.8. The van der Waals surface area contributed by atoms with Crippen LogP contribution in [0.2, 0.25) is 0 Å². The Labute approximate surface area is 121 Å². The lowest BCUT2D eigenvalue weighted by Gasteiger charge is -2.17. The summed E-state index contributed by atoms with van der Waals surface area (Å²) in [6.45, 7) is 3.07. The molecule has 1 unspecified atom stereocenters. The van der Waals surface area contributed by atoms with Crippen molar-refractivity contribution in [2.45, 2.75) is 19.9 Å². The fourth-order valence-corrected chi connectivity index (χ4v) is 1.14. The van der Waals surface area contributed by atoms with E-state index >= 15 is 0 Å². The molecule has 0 fully saturated rings. The molecule has 10 heteroatoms. The Morgan fingerprint density at radius 2 is 1.95 bits per heavy atom. The number of hydrogen-bond donors (Lipinski definition) is 4. The van der Waals surface area contributed by atoms with E-state index in [2.05, 4.69) is 10.4 Å². The smallest absolute Gasteiger partial charge is 0.334 e. The number of amides is 2. The second kappa shape index (κ2) is 8.77. The highest BCUT2D eigenvalue weighted by molar-refractivity contribution is 6.05. The molecule has 0 spiro atoms. The summed E-state index contributed by atoms with van der Waals surface area (Å²) in [6.07, 6.45) is 0. The van der Waals surface area contributed by atoms with Gasteiger partial charge in [0.1, 0.15) is 23.5 Å². The van der Waals surface area contributed by atoms with Crippen LogP contribution < -0.4 is 22.2 Å². The van der Waals surface area contributed by atoms with Gasteiger partial charge in [0, 0.05) is 0 Å². The number of nitriles is 2. The van der Waals surface area contributed by atoms with Gasteiger partial charge < -0.3 is 21.5 Å². The lowest BCUT2D eigenvalue weighted by atomic mass is 10.2. The Morgan fingerprint density at radius 1 is 1.33 bits per heavy atom. The summed E-state index contributed by atoms with van der Waals surface area (Å²) in [5.74, 6) is -0.761. The summed E-state index contributed by atoms with van der Waals surface area (Å²) in [7, 11) is 0. The molecule has 0 saturated carbocycles. The summed E-state index contributed by atoms with van der Waals surface area (Å²) in [5, 5.41) is 23.6. The van der Waals surface area contributed by atoms with Crippen LogP contribution in [0.5, 0.6) is 0 Å². The molecular formula is C11H15N7O3. The minimum Gasteiger partial charge on any atom is -0.464 e. The molecule has 6 N–H and O–H groups in total. The second-order valence-corrected chi connectivity index (χ2v) is 3.57. The van der Waals surface area contributed by atoms with Crippen molar-refractivity contribution in [1.82, 2.24) is 10.7 Å². The van der Waals surface area contributed by atoms with Crippen LogP contribution in [-0.4, -0.2) is 30.4 Å². The molecule has 0 aliphatic heterocycles. The number of nitrogens with zero attached hydrogens (tertiary/aromatic N) is 3. The van der Waals surface area contributed by atoms with Gasteiger partial charge in [0.15, 0.2) is 6.04 Å². The van der Waals surface area contributed by atoms with Crippen molar-refractivity contribution in [3.05, 3.63) is 11.4 Å². The number of ether oxygens (including phenoxy) is 1. The summed E-state index contributed by atoms with van der Waals surface area (Å²) in [4.78, 5) is 22.4. The standard InChI is InChI=1S/C11H15N7O3/c1-3-21-10(19)9(6(2)17-18-11(15)20)16-8(5-13)7(14)4-12/h9,16H,3,14H2,1-2H3,(H3,15,18,20)/b8-7-,17-6-. The average molecular weight is 293 g/mol. The number of nitrogens with one attached hydrogen (secondary N) is 2. The predicted molar refractivity (Wildman–Crippen MR) is 71.8 cm³/mol. The first-order valence-electron chi connectivity index (χ1n) is 5.70. The lowest BCUT2D eigenvalue weighted by molar-refractivity contribution is -0.143. The molecule has 2 amide bonds. The van der Waals surface area contributed by atoms with Gasteiger partial charge in [-0.25, -0.2) is 15.0 Å². The largest absolute Gasteiger partial charge is 0.464 e. The van der Waals surface area contributed by atoms with Crippen molar-refractivity contribution < 1.29 is 14.3 Å². The van der Waals surface area contributed by atoms with Gasteiger partial charge in [-0.05, 0) is 13.8 Å². The first-order chi connectivity index (χ1) is 9.87. The van der Waals surface area contributed by atoms with Gasteiger partial charge in [-0.15, -0.1) is 0 Å². The molecule has 0 bridgehead atoms. The number of hydrazone groups is 1. The molecule has 0 aromatic heterocycles. The first-order valence-corrected chi connectivity index (χ1v) is 5.70. The second-order valence-electron chi connectivity index (χ2n) is 3.57. The van der Waals surface area contributed by atoms with Crippen LogP contribution in [0.3, 0.4) is 0 Å². The molecule has 0 aliphatic carbocycles. The van der Waals surface area contributed by atoms with Crippen molar-refractivity contribution in [3.8, 4) is 12.1 Å². The summed E-state index contributed by atoms with van der Waals surface area (Å²) in [6, 6.07) is 1.08. The molecule has 0 aromatic carbocycles. The lowest BCUT2D eigenvalue weighted by Crippen LogP contribution is -2.44. The van der Waals surface area contributed by atoms with Gasteiger partial charge in [-0.1, -0.05) is 0 Å². The number of urea groups is 1. The van der Waals surface area contributed by atoms with Gasteiger partial charge in [0.25, 0.3) is 0 Å². The van der Waals surface area contributed by atoms with Gasteiger partial charge in [-0.2, -0.15) is 15.6 Å². The zero-order valence-electron chi connectivity index (χ0n) is 11.5. The Hall–Kier alpha value is -3.27. The number of hydrogen-bond acceptors (Lipinski definition) is 8. The maximum absolute atomic E-state index is 11.8. The molecule has 0 saturated heterocycles. The Kier molecular flexibility index (Phi) is 7.40. The van der Waals surface area contributed by atoms with E-state index in [1.807, 2.05) is 5.43 Å².